The van der Waals surface area contributed by atoms with Gasteiger partial charge in [-0.2, -0.15) is 10.1 Å². The van der Waals surface area contributed by atoms with Crippen molar-refractivity contribution in [2.75, 3.05) is 26.2 Å². The molecule has 1 fully saturated rings. The molecule has 0 saturated carbocycles. The van der Waals surface area contributed by atoms with Crippen LogP contribution in [0.5, 0.6) is 0 Å². The van der Waals surface area contributed by atoms with Crippen molar-refractivity contribution in [3.8, 4) is 10.7 Å². The summed E-state index contributed by atoms with van der Waals surface area (Å²) in [6.07, 6.45) is 3.49. The molecule has 29 heavy (non-hydrogen) atoms. The van der Waals surface area contributed by atoms with Gasteiger partial charge < -0.3 is 9.42 Å². The Morgan fingerprint density at radius 2 is 2.10 bits per heavy atom. The van der Waals surface area contributed by atoms with Gasteiger partial charge in [-0.15, -0.1) is 11.3 Å². The van der Waals surface area contributed by atoms with Crippen molar-refractivity contribution in [2.24, 2.45) is 0 Å². The van der Waals surface area contributed by atoms with E-state index in [1.165, 1.54) is 0 Å². The van der Waals surface area contributed by atoms with Crippen molar-refractivity contribution in [3.63, 3.8) is 0 Å². The number of fused-ring (bicyclic) bond motifs is 1. The van der Waals surface area contributed by atoms with E-state index in [0.717, 1.165) is 18.0 Å². The Bertz CT molecular complexity index is 1140. The van der Waals surface area contributed by atoms with Gasteiger partial charge in [-0.3, -0.25) is 9.69 Å². The van der Waals surface area contributed by atoms with E-state index in [9.17, 15) is 4.79 Å². The van der Waals surface area contributed by atoms with Crippen molar-refractivity contribution in [1.82, 2.24) is 34.5 Å². The molecule has 4 aromatic heterocycles. The quantitative estimate of drug-likeness (QED) is 0.510. The molecular weight excluding hydrogens is 390 g/mol. The summed E-state index contributed by atoms with van der Waals surface area (Å²) in [6, 6.07) is 5.74. The molecule has 0 aromatic carbocycles. The number of aryl methyl sites for hydroxylation is 1. The smallest absolute Gasteiger partial charge is 0.259 e. The summed E-state index contributed by atoms with van der Waals surface area (Å²) in [7, 11) is 0. The number of rotatable bonds is 4. The van der Waals surface area contributed by atoms with Crippen LogP contribution in [0.25, 0.3) is 16.3 Å². The van der Waals surface area contributed by atoms with Crippen molar-refractivity contribution < 1.29 is 9.32 Å². The lowest BCUT2D eigenvalue weighted by atomic mass is 10.2. The van der Waals surface area contributed by atoms with E-state index >= 15 is 0 Å². The van der Waals surface area contributed by atoms with Gasteiger partial charge in [0, 0.05) is 38.6 Å². The van der Waals surface area contributed by atoms with Crippen LogP contribution < -0.4 is 0 Å². The highest BCUT2D eigenvalue weighted by molar-refractivity contribution is 7.13. The summed E-state index contributed by atoms with van der Waals surface area (Å²) in [5.41, 5.74) is 1.88. The second-order valence-electron chi connectivity index (χ2n) is 6.91. The van der Waals surface area contributed by atoms with Crippen LogP contribution in [0.3, 0.4) is 0 Å². The molecule has 5 heterocycles. The number of carbonyl (C=O) groups excluding carboxylic acids is 1. The highest BCUT2D eigenvalue weighted by Gasteiger charge is 2.27. The summed E-state index contributed by atoms with van der Waals surface area (Å²) >= 11 is 1.58. The van der Waals surface area contributed by atoms with Gasteiger partial charge in [0.25, 0.3) is 5.91 Å². The lowest BCUT2D eigenvalue weighted by Crippen LogP contribution is -2.48. The van der Waals surface area contributed by atoms with Gasteiger partial charge >= 0.3 is 0 Å². The molecule has 0 spiro atoms. The van der Waals surface area contributed by atoms with Crippen molar-refractivity contribution >= 4 is 22.9 Å². The minimum atomic E-state index is -0.0198. The SMILES string of the molecule is Cc1nn2cccnc2c1C(=O)N1CCN(Cc2nc(-c3cccs3)no2)CC1. The molecule has 1 saturated heterocycles. The number of carbonyl (C=O) groups is 1. The van der Waals surface area contributed by atoms with Crippen LogP contribution in [0.1, 0.15) is 21.9 Å². The molecule has 148 valence electrons. The van der Waals surface area contributed by atoms with Gasteiger partial charge in [-0.1, -0.05) is 11.2 Å². The molecule has 0 aliphatic carbocycles. The second-order valence-corrected chi connectivity index (χ2v) is 7.85. The number of hydrogen-bond donors (Lipinski definition) is 0. The van der Waals surface area contributed by atoms with Crippen LogP contribution in [-0.2, 0) is 6.54 Å². The normalized spacial score (nSPS) is 15.3. The summed E-state index contributed by atoms with van der Waals surface area (Å²) in [6.45, 7) is 5.18. The van der Waals surface area contributed by atoms with Crippen LogP contribution in [0.2, 0.25) is 0 Å². The minimum Gasteiger partial charge on any atom is -0.338 e. The third kappa shape index (κ3) is 3.40. The minimum absolute atomic E-state index is 0.0198. The van der Waals surface area contributed by atoms with Crippen molar-refractivity contribution in [3.05, 3.63) is 53.1 Å². The Morgan fingerprint density at radius 1 is 1.24 bits per heavy atom. The Labute approximate surface area is 170 Å². The van der Waals surface area contributed by atoms with E-state index in [4.69, 9.17) is 4.52 Å². The largest absolute Gasteiger partial charge is 0.338 e. The molecule has 0 atom stereocenters. The summed E-state index contributed by atoms with van der Waals surface area (Å²) < 4.78 is 7.04. The average Bonchev–Trinajstić information content (AvgIpc) is 3.47. The number of nitrogens with zero attached hydrogens (tertiary/aromatic N) is 7. The molecule has 1 amide bonds. The predicted octanol–water partition coefficient (Wildman–Crippen LogP) is 2.11. The standard InChI is InChI=1S/C19H19N7O2S/c1-13-16(18-20-5-3-6-26(18)22-13)19(27)25-9-7-24(8-10-25)12-15-21-17(23-28-15)14-4-2-11-29-14/h2-6,11H,7-10,12H2,1H3. The van der Waals surface area contributed by atoms with Crippen LogP contribution in [-0.4, -0.2) is 66.6 Å². The monoisotopic (exact) mass is 409 g/mol. The Kier molecular flexibility index (Phi) is 4.57. The van der Waals surface area contributed by atoms with Gasteiger partial charge in [0.05, 0.1) is 17.1 Å². The third-order valence-electron chi connectivity index (χ3n) is 5.01. The number of aromatic nitrogens is 5. The summed E-state index contributed by atoms with van der Waals surface area (Å²) in [4.78, 5) is 26.9. The number of amides is 1. The Balaban J connectivity index is 1.23. The maximum Gasteiger partial charge on any atom is 0.259 e. The predicted molar refractivity (Wildman–Crippen MR) is 107 cm³/mol. The Morgan fingerprint density at radius 3 is 2.90 bits per heavy atom. The number of hydrogen-bond acceptors (Lipinski definition) is 8. The summed E-state index contributed by atoms with van der Waals surface area (Å²) in [5.74, 6) is 1.20. The molecule has 9 nitrogen and oxygen atoms in total. The zero-order valence-corrected chi connectivity index (χ0v) is 16.7. The molecule has 4 aromatic rings. The molecule has 0 unspecified atom stereocenters. The molecule has 1 aliphatic heterocycles. The molecule has 0 bridgehead atoms. The maximum atomic E-state index is 13.1. The molecule has 10 heteroatoms. The van der Waals surface area contributed by atoms with E-state index < -0.39 is 0 Å². The number of thiophene rings is 1. The number of piperazine rings is 1. The zero-order valence-electron chi connectivity index (χ0n) is 15.9. The molecule has 1 aliphatic rings. The average molecular weight is 409 g/mol. The molecular formula is C19H19N7O2S. The van der Waals surface area contributed by atoms with E-state index in [1.54, 1.807) is 34.3 Å². The highest BCUT2D eigenvalue weighted by atomic mass is 32.1. The Hall–Kier alpha value is -3.11. The topological polar surface area (TPSA) is 92.7 Å². The van der Waals surface area contributed by atoms with Crippen LogP contribution in [0.15, 0.2) is 40.5 Å². The highest BCUT2D eigenvalue weighted by Crippen LogP contribution is 2.22. The van der Waals surface area contributed by atoms with E-state index in [-0.39, 0.29) is 5.91 Å². The van der Waals surface area contributed by atoms with Gasteiger partial charge in [0.2, 0.25) is 11.7 Å². The lowest BCUT2D eigenvalue weighted by Gasteiger charge is -2.33. The fourth-order valence-electron chi connectivity index (χ4n) is 3.53. The first-order valence-electron chi connectivity index (χ1n) is 9.37. The van der Waals surface area contributed by atoms with Gasteiger partial charge in [0.15, 0.2) is 5.65 Å². The third-order valence-corrected chi connectivity index (χ3v) is 5.88. The first-order chi connectivity index (χ1) is 14.2. The van der Waals surface area contributed by atoms with Crippen LogP contribution >= 0.6 is 11.3 Å². The second kappa shape index (κ2) is 7.37. The lowest BCUT2D eigenvalue weighted by molar-refractivity contribution is 0.0616. The fourth-order valence-corrected chi connectivity index (χ4v) is 4.18. The van der Waals surface area contributed by atoms with Crippen molar-refractivity contribution in [1.29, 1.82) is 0 Å². The van der Waals surface area contributed by atoms with Gasteiger partial charge in [-0.25, -0.2) is 9.50 Å². The van der Waals surface area contributed by atoms with Crippen LogP contribution in [0.4, 0.5) is 0 Å². The summed E-state index contributed by atoms with van der Waals surface area (Å²) in [5, 5.41) is 10.4. The van der Waals surface area contributed by atoms with Crippen molar-refractivity contribution in [2.45, 2.75) is 13.5 Å². The molecule has 0 N–H and O–H groups in total. The van der Waals surface area contributed by atoms with Gasteiger partial charge in [0.1, 0.15) is 5.56 Å². The maximum absolute atomic E-state index is 13.1. The molecule has 5 rings (SSSR count). The van der Waals surface area contributed by atoms with E-state index in [0.29, 0.717) is 48.3 Å². The molecule has 0 radical (unpaired) electrons. The zero-order chi connectivity index (χ0) is 19.8. The van der Waals surface area contributed by atoms with Gasteiger partial charge in [-0.05, 0) is 24.4 Å². The first kappa shape index (κ1) is 18.0. The van der Waals surface area contributed by atoms with E-state index in [1.807, 2.05) is 29.3 Å². The fraction of sp³-hybridized carbons (Fsp3) is 0.316. The van der Waals surface area contributed by atoms with E-state index in [2.05, 4.69) is 25.1 Å². The first-order valence-corrected chi connectivity index (χ1v) is 10.2. The van der Waals surface area contributed by atoms with Crippen LogP contribution in [0, 0.1) is 6.92 Å².